The summed E-state index contributed by atoms with van der Waals surface area (Å²) in [5.41, 5.74) is -0.189. The second-order valence-corrected chi connectivity index (χ2v) is 6.10. The smallest absolute Gasteiger partial charge is 0.0897 e. The minimum absolute atomic E-state index is 0.189. The molecule has 0 rings (SSSR count). The zero-order chi connectivity index (χ0) is 14.0. The van der Waals surface area contributed by atoms with Crippen LogP contribution in [-0.4, -0.2) is 49.7 Å². The van der Waals surface area contributed by atoms with E-state index >= 15 is 0 Å². The molecule has 0 aliphatic carbocycles. The lowest BCUT2D eigenvalue weighted by Crippen LogP contribution is -2.34. The van der Waals surface area contributed by atoms with Crippen LogP contribution in [0.4, 0.5) is 0 Å². The Kier molecular flexibility index (Phi) is 9.64. The topological polar surface area (TPSA) is 50.7 Å². The Hall–Kier alpha value is -0.160. The largest absolute Gasteiger partial charge is 0.389 e. The van der Waals surface area contributed by atoms with Gasteiger partial charge in [0.25, 0.3) is 0 Å². The van der Waals surface area contributed by atoms with Gasteiger partial charge < -0.3 is 19.9 Å². The highest BCUT2D eigenvalue weighted by Gasteiger charge is 2.13. The molecule has 0 fully saturated rings. The Morgan fingerprint density at radius 1 is 1.17 bits per heavy atom. The molecule has 0 amide bonds. The van der Waals surface area contributed by atoms with Gasteiger partial charge in [0, 0.05) is 19.8 Å². The molecule has 0 aromatic heterocycles. The van der Waals surface area contributed by atoms with Crippen LogP contribution in [0.2, 0.25) is 0 Å². The van der Waals surface area contributed by atoms with Gasteiger partial charge in [-0.1, -0.05) is 13.8 Å². The summed E-state index contributed by atoms with van der Waals surface area (Å²) in [7, 11) is 0. The molecular weight excluding hydrogens is 230 g/mol. The van der Waals surface area contributed by atoms with Gasteiger partial charge in [-0.15, -0.1) is 0 Å². The van der Waals surface area contributed by atoms with E-state index in [1.165, 1.54) is 0 Å². The van der Waals surface area contributed by atoms with E-state index < -0.39 is 6.10 Å². The van der Waals surface area contributed by atoms with Gasteiger partial charge in [0.1, 0.15) is 0 Å². The number of hydrogen-bond acceptors (Lipinski definition) is 4. The lowest BCUT2D eigenvalue weighted by Gasteiger charge is -2.22. The lowest BCUT2D eigenvalue weighted by atomic mass is 10.2. The SMILES string of the molecule is CC(C)COCCCNCC(O)COC(C)(C)C. The first-order valence-electron chi connectivity index (χ1n) is 6.91. The van der Waals surface area contributed by atoms with Crippen molar-refractivity contribution in [1.29, 1.82) is 0 Å². The summed E-state index contributed by atoms with van der Waals surface area (Å²) >= 11 is 0. The fraction of sp³-hybridized carbons (Fsp3) is 1.00. The number of nitrogens with one attached hydrogen (secondary N) is 1. The molecule has 0 bridgehead atoms. The van der Waals surface area contributed by atoms with Crippen LogP contribution in [0.15, 0.2) is 0 Å². The van der Waals surface area contributed by atoms with E-state index in [0.29, 0.717) is 19.1 Å². The summed E-state index contributed by atoms with van der Waals surface area (Å²) in [6, 6.07) is 0. The Morgan fingerprint density at radius 2 is 1.83 bits per heavy atom. The van der Waals surface area contributed by atoms with Crippen LogP contribution in [0.25, 0.3) is 0 Å². The summed E-state index contributed by atoms with van der Waals surface area (Å²) in [5.74, 6) is 0.592. The van der Waals surface area contributed by atoms with Crippen molar-refractivity contribution >= 4 is 0 Å². The van der Waals surface area contributed by atoms with Crippen LogP contribution < -0.4 is 5.32 Å². The van der Waals surface area contributed by atoms with Gasteiger partial charge in [-0.05, 0) is 39.7 Å². The van der Waals surface area contributed by atoms with Crippen molar-refractivity contribution in [3.8, 4) is 0 Å². The molecule has 0 aliphatic rings. The second-order valence-electron chi connectivity index (χ2n) is 6.10. The van der Waals surface area contributed by atoms with E-state index in [1.54, 1.807) is 0 Å². The number of hydrogen-bond donors (Lipinski definition) is 2. The molecule has 110 valence electrons. The number of aliphatic hydroxyl groups is 1. The molecule has 2 N–H and O–H groups in total. The monoisotopic (exact) mass is 261 g/mol. The van der Waals surface area contributed by atoms with Gasteiger partial charge in [0.15, 0.2) is 0 Å². The van der Waals surface area contributed by atoms with Crippen molar-refractivity contribution in [3.63, 3.8) is 0 Å². The highest BCUT2D eigenvalue weighted by Crippen LogP contribution is 2.06. The Morgan fingerprint density at radius 3 is 2.39 bits per heavy atom. The normalized spacial score (nSPS) is 14.2. The van der Waals surface area contributed by atoms with E-state index in [9.17, 15) is 5.11 Å². The van der Waals surface area contributed by atoms with Gasteiger partial charge in [-0.3, -0.25) is 0 Å². The molecule has 0 saturated carbocycles. The van der Waals surface area contributed by atoms with Crippen LogP contribution in [-0.2, 0) is 9.47 Å². The highest BCUT2D eigenvalue weighted by atomic mass is 16.5. The fourth-order valence-corrected chi connectivity index (χ4v) is 1.29. The molecule has 1 unspecified atom stereocenters. The number of rotatable bonds is 10. The van der Waals surface area contributed by atoms with Crippen molar-refractivity contribution in [2.75, 3.05) is 32.9 Å². The van der Waals surface area contributed by atoms with E-state index in [2.05, 4.69) is 19.2 Å². The second kappa shape index (κ2) is 9.73. The minimum atomic E-state index is -0.444. The minimum Gasteiger partial charge on any atom is -0.389 e. The zero-order valence-electron chi connectivity index (χ0n) is 12.7. The summed E-state index contributed by atoms with van der Waals surface area (Å²) in [5, 5.41) is 12.9. The Balaban J connectivity index is 3.28. The molecule has 0 spiro atoms. The Bertz CT molecular complexity index is 190. The molecule has 18 heavy (non-hydrogen) atoms. The lowest BCUT2D eigenvalue weighted by molar-refractivity contribution is -0.0478. The maximum atomic E-state index is 9.67. The van der Waals surface area contributed by atoms with Gasteiger partial charge in [0.2, 0.25) is 0 Å². The summed E-state index contributed by atoms with van der Waals surface area (Å²) in [6.07, 6.45) is 0.528. The van der Waals surface area contributed by atoms with E-state index in [4.69, 9.17) is 9.47 Å². The number of ether oxygens (including phenoxy) is 2. The van der Waals surface area contributed by atoms with Crippen molar-refractivity contribution in [1.82, 2.24) is 5.32 Å². The fourth-order valence-electron chi connectivity index (χ4n) is 1.29. The average molecular weight is 261 g/mol. The first-order chi connectivity index (χ1) is 8.31. The van der Waals surface area contributed by atoms with E-state index in [-0.39, 0.29) is 5.60 Å². The van der Waals surface area contributed by atoms with Crippen molar-refractivity contribution < 1.29 is 14.6 Å². The Labute approximate surface area is 112 Å². The number of aliphatic hydroxyl groups excluding tert-OH is 1. The molecule has 0 radical (unpaired) electrons. The molecule has 1 atom stereocenters. The molecule has 4 nitrogen and oxygen atoms in total. The molecule has 4 heteroatoms. The molecule has 0 heterocycles. The third kappa shape index (κ3) is 13.9. The molecular formula is C14H31NO3. The van der Waals surface area contributed by atoms with Crippen molar-refractivity contribution in [3.05, 3.63) is 0 Å². The quantitative estimate of drug-likeness (QED) is 0.589. The summed E-state index contributed by atoms with van der Waals surface area (Å²) in [6.45, 7) is 13.7. The van der Waals surface area contributed by atoms with Crippen LogP contribution in [0.1, 0.15) is 41.0 Å². The van der Waals surface area contributed by atoms with Crippen molar-refractivity contribution in [2.24, 2.45) is 5.92 Å². The molecule has 0 aromatic rings. The standard InChI is InChI=1S/C14H31NO3/c1-12(2)10-17-8-6-7-15-9-13(16)11-18-14(3,4)5/h12-13,15-16H,6-11H2,1-5H3. The summed E-state index contributed by atoms with van der Waals surface area (Å²) < 4.78 is 11.0. The van der Waals surface area contributed by atoms with Crippen LogP contribution >= 0.6 is 0 Å². The molecule has 0 aromatic carbocycles. The predicted octanol–water partition coefficient (Wildman–Crippen LogP) is 1.81. The van der Waals surface area contributed by atoms with Crippen LogP contribution in [0.3, 0.4) is 0 Å². The van der Waals surface area contributed by atoms with E-state index in [0.717, 1.165) is 26.2 Å². The van der Waals surface area contributed by atoms with Gasteiger partial charge in [-0.25, -0.2) is 0 Å². The highest BCUT2D eigenvalue weighted by molar-refractivity contribution is 4.64. The third-order valence-corrected chi connectivity index (χ3v) is 2.18. The summed E-state index contributed by atoms with van der Waals surface area (Å²) in [4.78, 5) is 0. The predicted molar refractivity (Wildman–Crippen MR) is 74.9 cm³/mol. The third-order valence-electron chi connectivity index (χ3n) is 2.18. The first-order valence-corrected chi connectivity index (χ1v) is 6.91. The first kappa shape index (κ1) is 17.8. The molecule has 0 saturated heterocycles. The van der Waals surface area contributed by atoms with Crippen LogP contribution in [0.5, 0.6) is 0 Å². The van der Waals surface area contributed by atoms with Crippen molar-refractivity contribution in [2.45, 2.75) is 52.7 Å². The molecule has 0 aliphatic heterocycles. The average Bonchev–Trinajstić information content (AvgIpc) is 2.23. The van der Waals surface area contributed by atoms with Gasteiger partial charge in [-0.2, -0.15) is 0 Å². The van der Waals surface area contributed by atoms with E-state index in [1.807, 2.05) is 20.8 Å². The van der Waals surface area contributed by atoms with Gasteiger partial charge in [0.05, 0.1) is 18.3 Å². The maximum absolute atomic E-state index is 9.67. The zero-order valence-corrected chi connectivity index (χ0v) is 12.7. The van der Waals surface area contributed by atoms with Crippen LogP contribution in [0, 0.1) is 5.92 Å². The van der Waals surface area contributed by atoms with Gasteiger partial charge >= 0.3 is 0 Å². The maximum Gasteiger partial charge on any atom is 0.0897 e.